The summed E-state index contributed by atoms with van der Waals surface area (Å²) < 4.78 is 8.27. The zero-order valence-electron chi connectivity index (χ0n) is 18.6. The number of para-hydroxylation sites is 2. The van der Waals surface area contributed by atoms with E-state index < -0.39 is 6.09 Å². The average molecular weight is 466 g/mol. The number of halogens is 1. The normalized spacial score (nSPS) is 12.0. The number of amides is 1. The molecule has 0 aliphatic rings. The second-order valence-corrected chi connectivity index (χ2v) is 8.13. The van der Waals surface area contributed by atoms with Gasteiger partial charge in [-0.15, -0.1) is 5.10 Å². The summed E-state index contributed by atoms with van der Waals surface area (Å²) in [6, 6.07) is 17.4. The van der Waals surface area contributed by atoms with Gasteiger partial charge >= 0.3 is 6.09 Å². The third-order valence-electron chi connectivity index (χ3n) is 5.55. The number of fused-ring (bicyclic) bond motifs is 1. The van der Waals surface area contributed by atoms with Crippen molar-refractivity contribution in [2.24, 2.45) is 0 Å². The van der Waals surface area contributed by atoms with Crippen LogP contribution in [-0.4, -0.2) is 49.7 Å². The molecule has 0 saturated carbocycles. The van der Waals surface area contributed by atoms with Gasteiger partial charge in [-0.1, -0.05) is 54.1 Å². The molecule has 4 rings (SSSR count). The number of ether oxygens (including phenoxy) is 1. The summed E-state index contributed by atoms with van der Waals surface area (Å²) in [5.74, 6) is 0.620. The number of benzene rings is 2. The number of rotatable bonds is 7. The quantitative estimate of drug-likeness (QED) is 0.403. The van der Waals surface area contributed by atoms with Gasteiger partial charge < -0.3 is 14.7 Å². The Kier molecular flexibility index (Phi) is 6.46. The molecule has 9 heteroatoms. The van der Waals surface area contributed by atoms with Crippen LogP contribution in [0.15, 0.2) is 54.6 Å². The van der Waals surface area contributed by atoms with Gasteiger partial charge in [0.1, 0.15) is 23.1 Å². The molecule has 1 atom stereocenters. The SMILES string of the molecule is Cc1nnc(Cl)c2nn(-c3ccccc3OC(CCN(C)C(=O)O)c3ccccc3)c(C)c12. The number of hydrogen-bond donors (Lipinski definition) is 1. The maximum atomic E-state index is 11.3. The Balaban J connectivity index is 1.74. The van der Waals surface area contributed by atoms with E-state index in [-0.39, 0.29) is 11.3 Å². The van der Waals surface area contributed by atoms with Crippen molar-refractivity contribution in [1.29, 1.82) is 0 Å². The van der Waals surface area contributed by atoms with Gasteiger partial charge in [0.15, 0.2) is 5.15 Å². The number of hydrogen-bond acceptors (Lipinski definition) is 5. The molecule has 1 unspecified atom stereocenters. The Morgan fingerprint density at radius 3 is 2.52 bits per heavy atom. The fourth-order valence-corrected chi connectivity index (χ4v) is 3.95. The molecule has 1 amide bonds. The van der Waals surface area contributed by atoms with Gasteiger partial charge in [-0.3, -0.25) is 0 Å². The Bertz CT molecular complexity index is 1290. The molecule has 8 nitrogen and oxygen atoms in total. The molecule has 1 N–H and O–H groups in total. The van der Waals surface area contributed by atoms with Crippen molar-refractivity contribution in [2.45, 2.75) is 26.4 Å². The summed E-state index contributed by atoms with van der Waals surface area (Å²) in [7, 11) is 1.55. The van der Waals surface area contributed by atoms with E-state index in [0.717, 1.165) is 28.0 Å². The Hall–Kier alpha value is -3.65. The second-order valence-electron chi connectivity index (χ2n) is 7.77. The molecule has 2 heterocycles. The largest absolute Gasteiger partial charge is 0.483 e. The lowest BCUT2D eigenvalue weighted by molar-refractivity contribution is 0.140. The number of aromatic nitrogens is 4. The maximum absolute atomic E-state index is 11.3. The molecule has 0 aliphatic carbocycles. The fraction of sp³-hybridized carbons (Fsp3) is 0.250. The summed E-state index contributed by atoms with van der Waals surface area (Å²) in [6.45, 7) is 4.15. The topological polar surface area (TPSA) is 93.4 Å². The highest BCUT2D eigenvalue weighted by Gasteiger charge is 2.21. The highest BCUT2D eigenvalue weighted by molar-refractivity contribution is 6.33. The zero-order valence-corrected chi connectivity index (χ0v) is 19.3. The summed E-state index contributed by atoms with van der Waals surface area (Å²) >= 11 is 6.27. The molecule has 2 aromatic heterocycles. The van der Waals surface area contributed by atoms with Crippen molar-refractivity contribution in [3.05, 3.63) is 76.7 Å². The molecule has 170 valence electrons. The van der Waals surface area contributed by atoms with Crippen LogP contribution in [0.3, 0.4) is 0 Å². The lowest BCUT2D eigenvalue weighted by Gasteiger charge is -2.23. The monoisotopic (exact) mass is 465 g/mol. The molecule has 4 aromatic rings. The minimum atomic E-state index is -0.976. The summed E-state index contributed by atoms with van der Waals surface area (Å²) in [6.07, 6.45) is -0.844. The summed E-state index contributed by atoms with van der Waals surface area (Å²) in [5.41, 5.74) is 3.90. The van der Waals surface area contributed by atoms with Gasteiger partial charge in [0.25, 0.3) is 0 Å². The minimum Gasteiger partial charge on any atom is -0.483 e. The first-order valence-electron chi connectivity index (χ1n) is 10.5. The van der Waals surface area contributed by atoms with Crippen molar-refractivity contribution in [3.63, 3.8) is 0 Å². The smallest absolute Gasteiger partial charge is 0.407 e. The number of carboxylic acid groups (broad SMARTS) is 1. The number of nitrogens with zero attached hydrogens (tertiary/aromatic N) is 5. The molecule has 0 spiro atoms. The van der Waals surface area contributed by atoms with Gasteiger partial charge in [0.05, 0.1) is 11.4 Å². The van der Waals surface area contributed by atoms with Gasteiger partial charge in [-0.05, 0) is 31.5 Å². The van der Waals surface area contributed by atoms with E-state index in [9.17, 15) is 9.90 Å². The van der Waals surface area contributed by atoms with Gasteiger partial charge in [0, 0.05) is 25.4 Å². The van der Waals surface area contributed by atoms with E-state index in [0.29, 0.717) is 24.2 Å². The lowest BCUT2D eigenvalue weighted by atomic mass is 10.1. The maximum Gasteiger partial charge on any atom is 0.407 e. The van der Waals surface area contributed by atoms with Crippen LogP contribution in [0.5, 0.6) is 5.75 Å². The van der Waals surface area contributed by atoms with E-state index in [4.69, 9.17) is 21.4 Å². The first kappa shape index (κ1) is 22.5. The van der Waals surface area contributed by atoms with Crippen LogP contribution in [0, 0.1) is 13.8 Å². The first-order chi connectivity index (χ1) is 15.9. The third-order valence-corrected chi connectivity index (χ3v) is 5.80. The van der Waals surface area contributed by atoms with E-state index in [2.05, 4.69) is 10.2 Å². The average Bonchev–Trinajstić information content (AvgIpc) is 3.18. The van der Waals surface area contributed by atoms with Crippen LogP contribution in [0.25, 0.3) is 16.6 Å². The molecular formula is C24H24ClN5O3. The van der Waals surface area contributed by atoms with Crippen LogP contribution >= 0.6 is 11.6 Å². The molecule has 0 fully saturated rings. The predicted molar refractivity (Wildman–Crippen MR) is 126 cm³/mol. The minimum absolute atomic E-state index is 0.245. The number of carbonyl (C=O) groups is 1. The molecule has 33 heavy (non-hydrogen) atoms. The van der Waals surface area contributed by atoms with Crippen molar-refractivity contribution < 1.29 is 14.6 Å². The van der Waals surface area contributed by atoms with Crippen molar-refractivity contribution in [2.75, 3.05) is 13.6 Å². The Labute approximate surface area is 196 Å². The Morgan fingerprint density at radius 1 is 1.12 bits per heavy atom. The van der Waals surface area contributed by atoms with Crippen LogP contribution in [0.1, 0.15) is 29.5 Å². The van der Waals surface area contributed by atoms with E-state index >= 15 is 0 Å². The van der Waals surface area contributed by atoms with Crippen molar-refractivity contribution in [3.8, 4) is 11.4 Å². The summed E-state index contributed by atoms with van der Waals surface area (Å²) in [5, 5.41) is 23.1. The predicted octanol–water partition coefficient (Wildman–Crippen LogP) is 5.21. The molecule has 0 saturated heterocycles. The number of aryl methyl sites for hydroxylation is 2. The molecule has 2 aromatic carbocycles. The molecular weight excluding hydrogens is 442 g/mol. The highest BCUT2D eigenvalue weighted by Crippen LogP contribution is 2.33. The van der Waals surface area contributed by atoms with Crippen LogP contribution in [-0.2, 0) is 0 Å². The molecule has 0 bridgehead atoms. The van der Waals surface area contributed by atoms with Crippen molar-refractivity contribution in [1.82, 2.24) is 24.9 Å². The molecule has 0 radical (unpaired) electrons. The van der Waals surface area contributed by atoms with E-state index in [1.54, 1.807) is 11.7 Å². The van der Waals surface area contributed by atoms with Gasteiger partial charge in [0.2, 0.25) is 0 Å². The lowest BCUT2D eigenvalue weighted by Crippen LogP contribution is -2.27. The standard InChI is InChI=1S/C24H24ClN5O3/c1-15-21-16(2)30(28-22(21)23(25)27-26-15)18-11-7-8-12-20(18)33-19(13-14-29(3)24(31)32)17-9-5-4-6-10-17/h4-12,19H,13-14H2,1-3H3,(H,31,32). The van der Waals surface area contributed by atoms with E-state index in [1.807, 2.05) is 68.4 Å². The zero-order chi connectivity index (χ0) is 23.5. The van der Waals surface area contributed by atoms with Gasteiger partial charge in [-0.25, -0.2) is 9.48 Å². The fourth-order valence-electron chi connectivity index (χ4n) is 3.78. The van der Waals surface area contributed by atoms with Crippen LogP contribution < -0.4 is 4.74 Å². The van der Waals surface area contributed by atoms with E-state index in [1.165, 1.54) is 4.90 Å². The van der Waals surface area contributed by atoms with Crippen LogP contribution in [0.4, 0.5) is 4.79 Å². The van der Waals surface area contributed by atoms with Crippen LogP contribution in [0.2, 0.25) is 5.15 Å². The van der Waals surface area contributed by atoms with Crippen molar-refractivity contribution >= 4 is 28.6 Å². The Morgan fingerprint density at radius 2 is 1.82 bits per heavy atom. The first-order valence-corrected chi connectivity index (χ1v) is 10.9. The summed E-state index contributed by atoms with van der Waals surface area (Å²) in [4.78, 5) is 12.5. The molecule has 0 aliphatic heterocycles. The van der Waals surface area contributed by atoms with Gasteiger partial charge in [-0.2, -0.15) is 10.2 Å². The highest BCUT2D eigenvalue weighted by atomic mass is 35.5. The third kappa shape index (κ3) is 4.61. The second kappa shape index (κ2) is 9.46.